The van der Waals surface area contributed by atoms with Crippen LogP contribution in [0.5, 0.6) is 0 Å². The minimum Gasteiger partial charge on any atom is -0.394 e. The molecule has 1 atom stereocenters. The van der Waals surface area contributed by atoms with Crippen molar-refractivity contribution in [3.63, 3.8) is 0 Å². The number of phosphoric ester groups is 1. The monoisotopic (exact) mass is 240 g/mol. The number of aromatic nitrogens is 2. The van der Waals surface area contributed by atoms with Gasteiger partial charge in [-0.15, -0.1) is 0 Å². The fraction of sp³-hybridized carbons (Fsp3) is 0.500. The zero-order valence-corrected chi connectivity index (χ0v) is 8.62. The number of H-pyrrole nitrogens is 1. The molecule has 0 aliphatic rings. The fourth-order valence-electron chi connectivity index (χ4n) is 0.451. The van der Waals surface area contributed by atoms with Gasteiger partial charge < -0.3 is 25.0 Å². The molecule has 0 aromatic carbocycles. The molecule has 1 rings (SSSR count). The van der Waals surface area contributed by atoms with Gasteiger partial charge in [0.05, 0.1) is 19.5 Å². The lowest BCUT2D eigenvalue weighted by Gasteiger charge is -2.07. The molecule has 0 bridgehead atoms. The smallest absolute Gasteiger partial charge is 0.394 e. The van der Waals surface area contributed by atoms with Gasteiger partial charge in [-0.05, 0) is 0 Å². The van der Waals surface area contributed by atoms with Crippen LogP contribution in [0.25, 0.3) is 0 Å². The van der Waals surface area contributed by atoms with E-state index in [4.69, 9.17) is 20.0 Å². The van der Waals surface area contributed by atoms with Crippen LogP contribution in [0.2, 0.25) is 0 Å². The maximum absolute atomic E-state index is 9.93. The summed E-state index contributed by atoms with van der Waals surface area (Å²) in [5, 5.41) is 16.7. The second-order valence-corrected chi connectivity index (χ2v) is 3.62. The van der Waals surface area contributed by atoms with E-state index < -0.39 is 27.1 Å². The first kappa shape index (κ1) is 14.2. The summed E-state index contributed by atoms with van der Waals surface area (Å²) in [4.78, 5) is 22.5. The first-order valence-corrected chi connectivity index (χ1v) is 5.40. The molecule has 1 heterocycles. The van der Waals surface area contributed by atoms with E-state index >= 15 is 0 Å². The molecule has 1 aromatic heterocycles. The van der Waals surface area contributed by atoms with E-state index in [9.17, 15) is 4.57 Å². The topological polar surface area (TPSA) is 136 Å². The number of aliphatic hydroxyl groups is 2. The minimum atomic E-state index is -4.50. The molecule has 0 radical (unpaired) electrons. The second kappa shape index (κ2) is 7.52. The van der Waals surface area contributed by atoms with Crippen LogP contribution in [-0.4, -0.2) is 49.3 Å². The lowest BCUT2D eigenvalue weighted by molar-refractivity contribution is 0.0419. The Hall–Kier alpha value is -0.760. The van der Waals surface area contributed by atoms with Crippen LogP contribution in [-0.2, 0) is 9.09 Å². The number of imidazole rings is 1. The normalized spacial score (nSPS) is 12.8. The number of rotatable bonds is 4. The third-order valence-electron chi connectivity index (χ3n) is 1.05. The largest absolute Gasteiger partial charge is 0.469 e. The summed E-state index contributed by atoms with van der Waals surface area (Å²) in [6, 6.07) is 0. The van der Waals surface area contributed by atoms with Crippen molar-refractivity contribution in [3.05, 3.63) is 18.7 Å². The highest BCUT2D eigenvalue weighted by atomic mass is 31.2. The van der Waals surface area contributed by atoms with Crippen molar-refractivity contribution >= 4 is 7.82 Å². The molecule has 0 spiro atoms. The zero-order valence-electron chi connectivity index (χ0n) is 7.72. The summed E-state index contributed by atoms with van der Waals surface area (Å²) in [5.74, 6) is 0. The molecule has 1 unspecified atom stereocenters. The number of hydrogen-bond acceptors (Lipinski definition) is 5. The average Bonchev–Trinajstić information content (AvgIpc) is 2.70. The number of phosphoric acid groups is 1. The maximum Gasteiger partial charge on any atom is 0.469 e. The summed E-state index contributed by atoms with van der Waals surface area (Å²) in [7, 11) is -4.50. The molecule has 15 heavy (non-hydrogen) atoms. The zero-order chi connectivity index (χ0) is 11.7. The van der Waals surface area contributed by atoms with Crippen LogP contribution in [0.15, 0.2) is 18.7 Å². The maximum atomic E-state index is 9.93. The van der Waals surface area contributed by atoms with Crippen LogP contribution >= 0.6 is 7.82 Å². The molecule has 1 aromatic rings. The first-order chi connectivity index (χ1) is 6.95. The van der Waals surface area contributed by atoms with E-state index in [0.29, 0.717) is 0 Å². The van der Waals surface area contributed by atoms with Gasteiger partial charge in [0.15, 0.2) is 0 Å². The molecule has 0 saturated heterocycles. The molecule has 0 fully saturated rings. The average molecular weight is 240 g/mol. The molecule has 88 valence electrons. The minimum absolute atomic E-state index is 0.569. The predicted octanol–water partition coefficient (Wildman–Crippen LogP) is -1.14. The Kier molecular flexibility index (Phi) is 7.14. The van der Waals surface area contributed by atoms with Crippen molar-refractivity contribution in [2.24, 2.45) is 0 Å². The van der Waals surface area contributed by atoms with Gasteiger partial charge in [-0.25, -0.2) is 9.55 Å². The number of aromatic amines is 1. The van der Waals surface area contributed by atoms with Crippen LogP contribution in [0, 0.1) is 0 Å². The number of nitrogens with zero attached hydrogens (tertiary/aromatic N) is 1. The van der Waals surface area contributed by atoms with Gasteiger partial charge in [-0.2, -0.15) is 0 Å². The second-order valence-electron chi connectivity index (χ2n) is 2.38. The highest BCUT2D eigenvalue weighted by Gasteiger charge is 2.15. The summed E-state index contributed by atoms with van der Waals surface area (Å²) >= 11 is 0. The SMILES string of the molecule is O=P(O)(O)OCC(O)CO.c1c[nH]cn1. The van der Waals surface area contributed by atoms with Gasteiger partial charge in [0, 0.05) is 12.4 Å². The van der Waals surface area contributed by atoms with Crippen LogP contribution < -0.4 is 0 Å². The first-order valence-electron chi connectivity index (χ1n) is 3.87. The number of hydrogen-bond donors (Lipinski definition) is 5. The third-order valence-corrected chi connectivity index (χ3v) is 1.54. The fourth-order valence-corrected chi connectivity index (χ4v) is 0.817. The number of aliphatic hydroxyl groups excluding tert-OH is 2. The highest BCUT2D eigenvalue weighted by molar-refractivity contribution is 7.46. The van der Waals surface area contributed by atoms with Crippen molar-refractivity contribution in [1.29, 1.82) is 0 Å². The van der Waals surface area contributed by atoms with Crippen LogP contribution in [0.1, 0.15) is 0 Å². The lowest BCUT2D eigenvalue weighted by Crippen LogP contribution is -2.18. The summed E-state index contributed by atoms with van der Waals surface area (Å²) in [6.45, 7) is -1.15. The molecule has 0 saturated carbocycles. The van der Waals surface area contributed by atoms with Gasteiger partial charge in [-0.3, -0.25) is 4.52 Å². The van der Waals surface area contributed by atoms with Crippen LogP contribution in [0.4, 0.5) is 0 Å². The lowest BCUT2D eigenvalue weighted by atomic mass is 10.4. The molecule has 9 heteroatoms. The van der Waals surface area contributed by atoms with E-state index in [-0.39, 0.29) is 0 Å². The van der Waals surface area contributed by atoms with Gasteiger partial charge >= 0.3 is 7.82 Å². The summed E-state index contributed by atoms with van der Waals surface area (Å²) in [6.07, 6.45) is 3.84. The summed E-state index contributed by atoms with van der Waals surface area (Å²) < 4.78 is 13.8. The van der Waals surface area contributed by atoms with Crippen molar-refractivity contribution in [2.45, 2.75) is 6.10 Å². The van der Waals surface area contributed by atoms with E-state index in [1.54, 1.807) is 18.7 Å². The van der Waals surface area contributed by atoms with Gasteiger partial charge in [0.2, 0.25) is 0 Å². The van der Waals surface area contributed by atoms with Crippen molar-refractivity contribution in [3.8, 4) is 0 Å². The molecule has 5 N–H and O–H groups in total. The molecule has 0 aliphatic heterocycles. The van der Waals surface area contributed by atoms with Crippen molar-refractivity contribution < 1.29 is 29.1 Å². The van der Waals surface area contributed by atoms with Gasteiger partial charge in [0.1, 0.15) is 6.10 Å². The standard InChI is InChI=1S/C3H4N2.C3H9O6P/c1-2-5-3-4-1;4-1-3(5)2-9-10(6,7)8/h1-3H,(H,4,5);3-5H,1-2H2,(H2,6,7,8). The Morgan fingerprint density at radius 3 is 2.47 bits per heavy atom. The Bertz CT molecular complexity index is 256. The quantitative estimate of drug-likeness (QED) is 0.419. The Balaban J connectivity index is 0.000000322. The summed E-state index contributed by atoms with van der Waals surface area (Å²) in [5.41, 5.74) is 0. The Morgan fingerprint density at radius 1 is 1.53 bits per heavy atom. The molecule has 0 aliphatic carbocycles. The van der Waals surface area contributed by atoms with Crippen LogP contribution in [0.3, 0.4) is 0 Å². The predicted molar refractivity (Wildman–Crippen MR) is 49.7 cm³/mol. The van der Waals surface area contributed by atoms with E-state index in [1.165, 1.54) is 0 Å². The van der Waals surface area contributed by atoms with E-state index in [0.717, 1.165) is 0 Å². The number of nitrogens with one attached hydrogen (secondary N) is 1. The highest BCUT2D eigenvalue weighted by Crippen LogP contribution is 2.35. The molecular weight excluding hydrogens is 227 g/mol. The van der Waals surface area contributed by atoms with E-state index in [2.05, 4.69) is 14.5 Å². The Labute approximate surface area is 85.8 Å². The van der Waals surface area contributed by atoms with Gasteiger partial charge in [0.25, 0.3) is 0 Å². The van der Waals surface area contributed by atoms with Crippen molar-refractivity contribution in [1.82, 2.24) is 9.97 Å². The molecular formula is C6H13N2O6P. The van der Waals surface area contributed by atoms with E-state index in [1.807, 2.05) is 0 Å². The Morgan fingerprint density at radius 2 is 2.20 bits per heavy atom. The van der Waals surface area contributed by atoms with Crippen molar-refractivity contribution in [2.75, 3.05) is 13.2 Å². The molecule has 0 amide bonds. The molecule has 8 nitrogen and oxygen atoms in total. The van der Waals surface area contributed by atoms with Gasteiger partial charge in [-0.1, -0.05) is 0 Å². The third kappa shape index (κ3) is 11.2.